The number of anilines is 2. The van der Waals surface area contributed by atoms with Crippen molar-refractivity contribution in [2.75, 3.05) is 18.4 Å². The Hall–Kier alpha value is -4.29. The molecule has 200 valence electrons. The highest BCUT2D eigenvalue weighted by Gasteiger charge is 2.35. The van der Waals surface area contributed by atoms with E-state index in [4.69, 9.17) is 10.8 Å². The number of piperidine rings is 1. The number of amides is 2. The van der Waals surface area contributed by atoms with Gasteiger partial charge in [0, 0.05) is 37.4 Å². The highest BCUT2D eigenvalue weighted by atomic mass is 19.4. The Labute approximate surface area is 216 Å². The zero-order valence-electron chi connectivity index (χ0n) is 20.3. The van der Waals surface area contributed by atoms with Crippen LogP contribution in [0.25, 0.3) is 0 Å². The van der Waals surface area contributed by atoms with E-state index in [1.807, 2.05) is 12.1 Å². The SMILES string of the molecule is NC(=O)Cc1nccnc1CCc1nc(Nc2ccc(C3CCN(C(=O)O)CC3)cc2)ncc1C(F)(F)F. The number of hydrogen-bond donors (Lipinski definition) is 3. The third-order valence-electron chi connectivity index (χ3n) is 6.38. The monoisotopic (exact) mass is 529 g/mol. The Balaban J connectivity index is 1.47. The summed E-state index contributed by atoms with van der Waals surface area (Å²) in [4.78, 5) is 40.0. The third-order valence-corrected chi connectivity index (χ3v) is 6.38. The fourth-order valence-electron chi connectivity index (χ4n) is 4.43. The maximum Gasteiger partial charge on any atom is 0.419 e. The number of carboxylic acid groups (broad SMARTS) is 1. The Morgan fingerprint density at radius 2 is 1.63 bits per heavy atom. The molecule has 0 spiro atoms. The topological polar surface area (TPSA) is 147 Å². The molecule has 0 saturated carbocycles. The minimum atomic E-state index is -4.65. The summed E-state index contributed by atoms with van der Waals surface area (Å²) >= 11 is 0. The van der Waals surface area contributed by atoms with Crippen LogP contribution in [0.4, 0.5) is 29.6 Å². The Morgan fingerprint density at radius 1 is 1.00 bits per heavy atom. The normalized spacial score (nSPS) is 14.3. The fourth-order valence-corrected chi connectivity index (χ4v) is 4.43. The molecule has 13 heteroatoms. The van der Waals surface area contributed by atoms with E-state index in [1.54, 1.807) is 12.1 Å². The highest BCUT2D eigenvalue weighted by Crippen LogP contribution is 2.33. The van der Waals surface area contributed by atoms with Crippen LogP contribution in [-0.2, 0) is 30.2 Å². The number of likely N-dealkylation sites (tertiary alicyclic amines) is 1. The predicted octanol–water partition coefficient (Wildman–Crippen LogP) is 3.70. The lowest BCUT2D eigenvalue weighted by Crippen LogP contribution is -2.36. The standard InChI is InChI=1S/C25H26F3N7O3/c26-25(27,28)18-14-32-23(34-19(18)5-6-20-21(13-22(29)36)31-10-9-30-20)33-17-3-1-15(2-4-17)16-7-11-35(12-8-16)24(37)38/h1-4,9-10,14,16H,5-8,11-13H2,(H2,29,36)(H,37,38)(H,32,33,34). The van der Waals surface area contributed by atoms with Gasteiger partial charge in [-0.05, 0) is 49.3 Å². The molecule has 4 rings (SSSR count). The summed E-state index contributed by atoms with van der Waals surface area (Å²) in [6.45, 7) is 0.946. The lowest BCUT2D eigenvalue weighted by atomic mass is 9.89. The Morgan fingerprint density at radius 3 is 2.24 bits per heavy atom. The lowest BCUT2D eigenvalue weighted by Gasteiger charge is -2.30. The van der Waals surface area contributed by atoms with E-state index in [0.29, 0.717) is 30.2 Å². The van der Waals surface area contributed by atoms with Crippen molar-refractivity contribution in [2.24, 2.45) is 5.73 Å². The summed E-state index contributed by atoms with van der Waals surface area (Å²) in [6.07, 6.45) is -0.788. The first-order chi connectivity index (χ1) is 18.1. The van der Waals surface area contributed by atoms with Gasteiger partial charge in [0.2, 0.25) is 11.9 Å². The van der Waals surface area contributed by atoms with Gasteiger partial charge in [-0.3, -0.25) is 14.8 Å². The maximum atomic E-state index is 13.6. The van der Waals surface area contributed by atoms with Crippen molar-refractivity contribution in [1.29, 1.82) is 0 Å². The molecule has 2 amide bonds. The van der Waals surface area contributed by atoms with Gasteiger partial charge in [0.15, 0.2) is 0 Å². The molecular formula is C25H26F3N7O3. The Bertz CT molecular complexity index is 1290. The van der Waals surface area contributed by atoms with Crippen molar-refractivity contribution in [1.82, 2.24) is 24.8 Å². The first kappa shape index (κ1) is 26.8. The average Bonchev–Trinajstić information content (AvgIpc) is 2.88. The molecule has 4 N–H and O–H groups in total. The molecule has 0 atom stereocenters. The van der Waals surface area contributed by atoms with Crippen LogP contribution in [0.2, 0.25) is 0 Å². The summed E-state index contributed by atoms with van der Waals surface area (Å²) in [7, 11) is 0. The maximum absolute atomic E-state index is 13.6. The van der Waals surface area contributed by atoms with Crippen molar-refractivity contribution in [3.8, 4) is 0 Å². The van der Waals surface area contributed by atoms with E-state index >= 15 is 0 Å². The minimum Gasteiger partial charge on any atom is -0.465 e. The van der Waals surface area contributed by atoms with E-state index in [9.17, 15) is 22.8 Å². The van der Waals surface area contributed by atoms with Crippen molar-refractivity contribution in [3.63, 3.8) is 0 Å². The van der Waals surface area contributed by atoms with Gasteiger partial charge in [-0.2, -0.15) is 13.2 Å². The number of halogens is 3. The molecule has 38 heavy (non-hydrogen) atoms. The van der Waals surface area contributed by atoms with Gasteiger partial charge in [0.25, 0.3) is 0 Å². The van der Waals surface area contributed by atoms with Gasteiger partial charge in [-0.15, -0.1) is 0 Å². The molecule has 1 aliphatic rings. The zero-order valence-corrected chi connectivity index (χ0v) is 20.3. The first-order valence-electron chi connectivity index (χ1n) is 11.9. The average molecular weight is 530 g/mol. The number of carbonyl (C=O) groups is 2. The molecule has 3 aromatic rings. The molecule has 1 fully saturated rings. The number of primary amides is 1. The quantitative estimate of drug-likeness (QED) is 0.400. The summed E-state index contributed by atoms with van der Waals surface area (Å²) < 4.78 is 40.9. The fraction of sp³-hybridized carbons (Fsp3) is 0.360. The van der Waals surface area contributed by atoms with Gasteiger partial charge < -0.3 is 21.1 Å². The highest BCUT2D eigenvalue weighted by molar-refractivity contribution is 5.76. The summed E-state index contributed by atoms with van der Waals surface area (Å²) in [5, 5.41) is 12.1. The van der Waals surface area contributed by atoms with E-state index in [-0.39, 0.29) is 36.8 Å². The molecule has 1 saturated heterocycles. The second-order valence-electron chi connectivity index (χ2n) is 8.94. The minimum absolute atomic E-state index is 0.00650. The first-order valence-corrected chi connectivity index (χ1v) is 11.9. The van der Waals surface area contributed by atoms with E-state index in [2.05, 4.69) is 25.3 Å². The number of aromatic nitrogens is 4. The molecule has 0 unspecified atom stereocenters. The molecule has 1 aromatic carbocycles. The second kappa shape index (κ2) is 11.4. The van der Waals surface area contributed by atoms with Crippen LogP contribution in [0.1, 0.15) is 47.0 Å². The van der Waals surface area contributed by atoms with Crippen LogP contribution < -0.4 is 11.1 Å². The van der Waals surface area contributed by atoms with E-state index < -0.39 is 23.7 Å². The second-order valence-corrected chi connectivity index (χ2v) is 8.94. The van der Waals surface area contributed by atoms with Gasteiger partial charge in [0.05, 0.1) is 29.1 Å². The largest absolute Gasteiger partial charge is 0.465 e. The third kappa shape index (κ3) is 6.72. The number of nitrogens with zero attached hydrogens (tertiary/aromatic N) is 5. The van der Waals surface area contributed by atoms with Crippen LogP contribution in [0.15, 0.2) is 42.9 Å². The number of nitrogens with one attached hydrogen (secondary N) is 1. The van der Waals surface area contributed by atoms with Crippen molar-refractivity contribution < 1.29 is 27.9 Å². The van der Waals surface area contributed by atoms with Gasteiger partial charge >= 0.3 is 12.3 Å². The number of rotatable bonds is 8. The molecule has 1 aliphatic heterocycles. The van der Waals surface area contributed by atoms with Crippen LogP contribution >= 0.6 is 0 Å². The summed E-state index contributed by atoms with van der Waals surface area (Å²) in [6, 6.07) is 7.38. The number of hydrogen-bond acceptors (Lipinski definition) is 7. The number of benzene rings is 1. The summed E-state index contributed by atoms with van der Waals surface area (Å²) in [5.41, 5.74) is 6.41. The van der Waals surface area contributed by atoms with Crippen molar-refractivity contribution >= 4 is 23.6 Å². The number of nitrogens with two attached hydrogens (primary N) is 1. The molecule has 0 aliphatic carbocycles. The van der Waals surface area contributed by atoms with Crippen LogP contribution in [-0.4, -0.2) is 55.0 Å². The molecule has 3 heterocycles. The number of aryl methyl sites for hydroxylation is 2. The van der Waals surface area contributed by atoms with Gasteiger partial charge in [-0.1, -0.05) is 12.1 Å². The van der Waals surface area contributed by atoms with Crippen molar-refractivity contribution in [3.05, 3.63) is 71.1 Å². The molecular weight excluding hydrogens is 503 g/mol. The van der Waals surface area contributed by atoms with Gasteiger partial charge in [-0.25, -0.2) is 14.8 Å². The lowest BCUT2D eigenvalue weighted by molar-refractivity contribution is -0.138. The Kier molecular flexibility index (Phi) is 8.03. The van der Waals surface area contributed by atoms with E-state index in [1.165, 1.54) is 17.3 Å². The number of alkyl halides is 3. The van der Waals surface area contributed by atoms with Crippen LogP contribution in [0, 0.1) is 0 Å². The summed E-state index contributed by atoms with van der Waals surface area (Å²) in [5.74, 6) is -0.380. The molecule has 0 bridgehead atoms. The number of carbonyl (C=O) groups excluding carboxylic acids is 1. The van der Waals surface area contributed by atoms with Crippen molar-refractivity contribution in [2.45, 2.75) is 44.2 Å². The van der Waals surface area contributed by atoms with Crippen LogP contribution in [0.5, 0.6) is 0 Å². The van der Waals surface area contributed by atoms with Gasteiger partial charge in [0.1, 0.15) is 0 Å². The molecule has 0 radical (unpaired) electrons. The molecule has 2 aromatic heterocycles. The predicted molar refractivity (Wildman–Crippen MR) is 131 cm³/mol. The smallest absolute Gasteiger partial charge is 0.419 e. The van der Waals surface area contributed by atoms with Crippen LogP contribution in [0.3, 0.4) is 0 Å². The van der Waals surface area contributed by atoms with E-state index in [0.717, 1.165) is 24.6 Å². The zero-order chi connectivity index (χ0) is 27.3. The molecule has 10 nitrogen and oxygen atoms in total.